The Morgan fingerprint density at radius 1 is 1.00 bits per heavy atom. The summed E-state index contributed by atoms with van der Waals surface area (Å²) in [5.74, 6) is 0. The quantitative estimate of drug-likeness (QED) is 0.945. The summed E-state index contributed by atoms with van der Waals surface area (Å²) >= 11 is 0. The fraction of sp³-hybridized carbons (Fsp3) is 0.231. The summed E-state index contributed by atoms with van der Waals surface area (Å²) in [5.41, 5.74) is -1.28. The first kappa shape index (κ1) is 15.4. The molecule has 0 radical (unpaired) electrons. The van der Waals surface area contributed by atoms with Crippen molar-refractivity contribution in [2.75, 3.05) is 5.43 Å². The number of halogens is 3. The van der Waals surface area contributed by atoms with Crippen LogP contribution in [0.5, 0.6) is 0 Å². The van der Waals surface area contributed by atoms with Gasteiger partial charge in [-0.2, -0.15) is 13.2 Å². The number of aryl methyl sites for hydroxylation is 2. The molecule has 0 atom stereocenters. The number of alkyl halides is 3. The van der Waals surface area contributed by atoms with Crippen molar-refractivity contribution >= 4 is 15.5 Å². The van der Waals surface area contributed by atoms with Gasteiger partial charge in [0.05, 0.1) is 5.69 Å². The van der Waals surface area contributed by atoms with Gasteiger partial charge in [0.25, 0.3) is 9.84 Å². The smallest absolute Gasteiger partial charge is 0.293 e. The molecule has 0 aliphatic heterocycles. The van der Waals surface area contributed by atoms with Crippen molar-refractivity contribution in [1.29, 1.82) is 0 Å². The largest absolute Gasteiger partial charge is 0.501 e. The second kappa shape index (κ2) is 5.10. The molecule has 0 saturated heterocycles. The van der Waals surface area contributed by atoms with Crippen LogP contribution in [0.2, 0.25) is 0 Å². The Labute approximate surface area is 120 Å². The first-order chi connectivity index (χ1) is 9.64. The molecule has 0 fully saturated rings. The number of sulfone groups is 1. The molecule has 4 nitrogen and oxygen atoms in total. The van der Waals surface area contributed by atoms with Crippen molar-refractivity contribution in [2.24, 2.45) is 0 Å². The van der Waals surface area contributed by atoms with Crippen LogP contribution in [0.3, 0.4) is 0 Å². The number of benzene rings is 1. The van der Waals surface area contributed by atoms with E-state index in [9.17, 15) is 21.6 Å². The molecule has 1 aromatic carbocycles. The minimum atomic E-state index is -5.41. The van der Waals surface area contributed by atoms with Crippen LogP contribution < -0.4 is 5.43 Å². The first-order valence-corrected chi connectivity index (χ1v) is 7.45. The zero-order valence-electron chi connectivity index (χ0n) is 11.3. The van der Waals surface area contributed by atoms with E-state index in [1.54, 1.807) is 26.0 Å². The van der Waals surface area contributed by atoms with Gasteiger partial charge in [-0.3, -0.25) is 10.1 Å². The highest BCUT2D eigenvalue weighted by Gasteiger charge is 2.48. The maximum absolute atomic E-state index is 12.7. The van der Waals surface area contributed by atoms with E-state index in [2.05, 4.69) is 5.43 Å². The monoisotopic (exact) mass is 318 g/mol. The number of aromatic nitrogens is 1. The number of hydrogen-bond acceptors (Lipinski definition) is 3. The number of anilines is 1. The predicted octanol–water partition coefficient (Wildman–Crippen LogP) is 3.27. The lowest BCUT2D eigenvalue weighted by atomic mass is 10.3. The first-order valence-electron chi connectivity index (χ1n) is 5.97. The normalized spacial score (nSPS) is 12.4. The van der Waals surface area contributed by atoms with E-state index in [-0.39, 0.29) is 5.69 Å². The highest BCUT2D eigenvalue weighted by Crippen LogP contribution is 2.34. The van der Waals surface area contributed by atoms with E-state index in [0.717, 1.165) is 17.5 Å². The molecule has 2 aromatic rings. The van der Waals surface area contributed by atoms with Crippen LogP contribution in [0.15, 0.2) is 41.3 Å². The van der Waals surface area contributed by atoms with E-state index >= 15 is 0 Å². The third kappa shape index (κ3) is 2.76. The molecule has 2 rings (SSSR count). The zero-order chi connectivity index (χ0) is 15.8. The van der Waals surface area contributed by atoms with Crippen LogP contribution >= 0.6 is 0 Å². The fourth-order valence-corrected chi connectivity index (χ4v) is 2.79. The number of nitrogens with one attached hydrogen (secondary N) is 1. The Morgan fingerprint density at radius 3 is 2.05 bits per heavy atom. The number of para-hydroxylation sites is 1. The van der Waals surface area contributed by atoms with Gasteiger partial charge in [-0.1, -0.05) is 12.1 Å². The maximum Gasteiger partial charge on any atom is 0.501 e. The van der Waals surface area contributed by atoms with Crippen LogP contribution in [0, 0.1) is 13.8 Å². The summed E-state index contributed by atoms with van der Waals surface area (Å²) in [5, 5.41) is 0. The molecule has 1 N–H and O–H groups in total. The minimum absolute atomic E-state index is 0.128. The van der Waals surface area contributed by atoms with Gasteiger partial charge in [-0.05, 0) is 38.1 Å². The molecule has 0 amide bonds. The topological polar surface area (TPSA) is 51.1 Å². The Balaban J connectivity index is 2.53. The van der Waals surface area contributed by atoms with Gasteiger partial charge < -0.3 is 0 Å². The van der Waals surface area contributed by atoms with Crippen molar-refractivity contribution < 1.29 is 21.6 Å². The molecule has 0 spiro atoms. The fourth-order valence-electron chi connectivity index (χ4n) is 1.88. The van der Waals surface area contributed by atoms with Gasteiger partial charge in [-0.15, -0.1) is 0 Å². The zero-order valence-corrected chi connectivity index (χ0v) is 12.1. The van der Waals surface area contributed by atoms with Crippen molar-refractivity contribution in [1.82, 2.24) is 4.68 Å². The lowest BCUT2D eigenvalue weighted by Gasteiger charge is -2.17. The van der Waals surface area contributed by atoms with Crippen LogP contribution in [0.4, 0.5) is 18.9 Å². The van der Waals surface area contributed by atoms with Gasteiger partial charge in [-0.25, -0.2) is 8.42 Å². The molecule has 0 saturated carbocycles. The van der Waals surface area contributed by atoms with E-state index < -0.39 is 20.2 Å². The van der Waals surface area contributed by atoms with Crippen molar-refractivity contribution in [3.05, 3.63) is 47.8 Å². The summed E-state index contributed by atoms with van der Waals surface area (Å²) in [7, 11) is -5.41. The summed E-state index contributed by atoms with van der Waals surface area (Å²) in [4.78, 5) is -0.801. The second-order valence-corrected chi connectivity index (χ2v) is 6.42. The molecule has 0 aliphatic carbocycles. The Kier molecular flexibility index (Phi) is 3.75. The van der Waals surface area contributed by atoms with Crippen LogP contribution in [0.25, 0.3) is 0 Å². The Bertz CT molecular complexity index is 744. The molecule has 1 heterocycles. The van der Waals surface area contributed by atoms with E-state index in [1.807, 2.05) is 0 Å². The van der Waals surface area contributed by atoms with E-state index in [4.69, 9.17) is 0 Å². The third-order valence-corrected chi connectivity index (χ3v) is 4.53. The van der Waals surface area contributed by atoms with Crippen molar-refractivity contribution in [3.8, 4) is 0 Å². The van der Waals surface area contributed by atoms with E-state index in [1.165, 1.54) is 22.9 Å². The molecule has 114 valence electrons. The standard InChI is InChI=1S/C13H13F3N2O2S/c1-9-7-8-10(2)18(9)17-11-5-3-4-6-12(11)21(19,20)13(14,15)16/h3-8,17H,1-2H3. The van der Waals surface area contributed by atoms with Gasteiger partial charge in [0.1, 0.15) is 4.90 Å². The lowest BCUT2D eigenvalue weighted by molar-refractivity contribution is -0.0435. The summed E-state index contributed by atoms with van der Waals surface area (Å²) in [6, 6.07) is 8.47. The average molecular weight is 318 g/mol. The van der Waals surface area contributed by atoms with Crippen LogP contribution in [-0.2, 0) is 9.84 Å². The van der Waals surface area contributed by atoms with Crippen LogP contribution in [0.1, 0.15) is 11.4 Å². The molecule has 21 heavy (non-hydrogen) atoms. The van der Waals surface area contributed by atoms with Gasteiger partial charge in [0.2, 0.25) is 0 Å². The minimum Gasteiger partial charge on any atom is -0.293 e. The molecule has 0 unspecified atom stereocenters. The summed E-state index contributed by atoms with van der Waals surface area (Å²) in [6.45, 7) is 3.50. The average Bonchev–Trinajstić information content (AvgIpc) is 2.70. The Hall–Kier alpha value is -1.96. The highest BCUT2D eigenvalue weighted by molar-refractivity contribution is 7.92. The molecular weight excluding hydrogens is 305 g/mol. The second-order valence-electron chi connectivity index (χ2n) is 4.51. The Morgan fingerprint density at radius 2 is 1.52 bits per heavy atom. The molecule has 0 bridgehead atoms. The van der Waals surface area contributed by atoms with E-state index in [0.29, 0.717) is 0 Å². The van der Waals surface area contributed by atoms with Crippen molar-refractivity contribution in [2.45, 2.75) is 24.3 Å². The third-order valence-electron chi connectivity index (χ3n) is 2.98. The number of nitrogens with zero attached hydrogens (tertiary/aromatic N) is 1. The molecule has 1 aromatic heterocycles. The van der Waals surface area contributed by atoms with Crippen molar-refractivity contribution in [3.63, 3.8) is 0 Å². The predicted molar refractivity (Wildman–Crippen MR) is 72.6 cm³/mol. The highest BCUT2D eigenvalue weighted by atomic mass is 32.2. The summed E-state index contributed by atoms with van der Waals surface area (Å²) in [6.07, 6.45) is 0. The maximum atomic E-state index is 12.7. The molecular formula is C13H13F3N2O2S. The van der Waals surface area contributed by atoms with Gasteiger partial charge >= 0.3 is 5.51 Å². The number of rotatable bonds is 3. The lowest BCUT2D eigenvalue weighted by Crippen LogP contribution is -2.25. The SMILES string of the molecule is Cc1ccc(C)n1Nc1ccccc1S(=O)(=O)C(F)(F)F. The number of hydrogen-bond donors (Lipinski definition) is 1. The van der Waals surface area contributed by atoms with Crippen LogP contribution in [-0.4, -0.2) is 18.6 Å². The summed E-state index contributed by atoms with van der Waals surface area (Å²) < 4.78 is 62.9. The van der Waals surface area contributed by atoms with Gasteiger partial charge in [0, 0.05) is 11.4 Å². The molecule has 8 heteroatoms. The molecule has 0 aliphatic rings. The van der Waals surface area contributed by atoms with Gasteiger partial charge in [0.15, 0.2) is 0 Å².